The summed E-state index contributed by atoms with van der Waals surface area (Å²) in [7, 11) is -3.26. The summed E-state index contributed by atoms with van der Waals surface area (Å²) < 4.78 is 34.8. The van der Waals surface area contributed by atoms with E-state index in [4.69, 9.17) is 4.74 Å². The fraction of sp³-hybridized carbons (Fsp3) is 0.588. The summed E-state index contributed by atoms with van der Waals surface area (Å²) in [5.74, 6) is 0.465. The number of hydrogen-bond acceptors (Lipinski definition) is 4. The van der Waals surface area contributed by atoms with Crippen LogP contribution in [-0.2, 0) is 21.3 Å². The van der Waals surface area contributed by atoms with Crippen LogP contribution in [0.2, 0.25) is 0 Å². The molecule has 24 heavy (non-hydrogen) atoms. The van der Waals surface area contributed by atoms with Crippen molar-refractivity contribution < 1.29 is 13.2 Å². The Kier molecular flexibility index (Phi) is 4.32. The van der Waals surface area contributed by atoms with Crippen LogP contribution >= 0.6 is 0 Å². The number of benzene rings is 1. The maximum absolute atomic E-state index is 12.9. The summed E-state index contributed by atoms with van der Waals surface area (Å²) in [6.45, 7) is 2.49. The van der Waals surface area contributed by atoms with Crippen molar-refractivity contribution in [2.75, 3.05) is 25.5 Å². The van der Waals surface area contributed by atoms with Crippen LogP contribution in [0.25, 0.3) is 11.0 Å². The molecule has 130 valence electrons. The number of para-hydroxylation sites is 2. The molecule has 0 unspecified atom stereocenters. The van der Waals surface area contributed by atoms with Crippen LogP contribution < -0.4 is 0 Å². The summed E-state index contributed by atoms with van der Waals surface area (Å²) in [4.78, 5) is 4.33. The Labute approximate surface area is 142 Å². The van der Waals surface area contributed by atoms with Gasteiger partial charge in [0.15, 0.2) is 0 Å². The highest BCUT2D eigenvalue weighted by molar-refractivity contribution is 7.89. The van der Waals surface area contributed by atoms with Gasteiger partial charge in [0.2, 0.25) is 10.0 Å². The van der Waals surface area contributed by atoms with E-state index in [1.54, 1.807) is 10.6 Å². The number of ether oxygens (including phenoxy) is 1. The Morgan fingerprint density at radius 2 is 2.08 bits per heavy atom. The zero-order valence-corrected chi connectivity index (χ0v) is 14.5. The average Bonchev–Trinajstić information content (AvgIpc) is 3.12. The zero-order chi connectivity index (χ0) is 16.6. The van der Waals surface area contributed by atoms with E-state index >= 15 is 0 Å². The van der Waals surface area contributed by atoms with E-state index in [2.05, 4.69) is 4.98 Å². The SMILES string of the molecule is O=S(=O)(CCn1cnc2ccccc21)N(C[C@H]1CCOC1)C1CC1. The predicted molar refractivity (Wildman–Crippen MR) is 92.2 cm³/mol. The highest BCUT2D eigenvalue weighted by Crippen LogP contribution is 2.31. The highest BCUT2D eigenvalue weighted by Gasteiger charge is 2.38. The van der Waals surface area contributed by atoms with Gasteiger partial charge >= 0.3 is 0 Å². The van der Waals surface area contributed by atoms with Crippen LogP contribution in [0, 0.1) is 5.92 Å². The standard InChI is InChI=1S/C17H23N3O3S/c21-24(22,20(15-5-6-15)11-14-7-9-23-12-14)10-8-19-13-18-16-3-1-2-4-17(16)19/h1-4,13-15H,5-12H2/t14-/m1/s1. The molecule has 7 heteroatoms. The molecule has 2 aromatic rings. The van der Waals surface area contributed by atoms with Gasteiger partial charge in [0.1, 0.15) is 0 Å². The fourth-order valence-corrected chi connectivity index (χ4v) is 5.12. The van der Waals surface area contributed by atoms with Crippen LogP contribution in [0.5, 0.6) is 0 Å². The summed E-state index contributed by atoms with van der Waals surface area (Å²) in [5.41, 5.74) is 1.88. The van der Waals surface area contributed by atoms with Crippen molar-refractivity contribution in [3.05, 3.63) is 30.6 Å². The van der Waals surface area contributed by atoms with Gasteiger partial charge in [0.25, 0.3) is 0 Å². The second-order valence-electron chi connectivity index (χ2n) is 6.77. The van der Waals surface area contributed by atoms with Gasteiger partial charge < -0.3 is 9.30 Å². The third-order valence-corrected chi connectivity index (χ3v) is 6.75. The molecule has 0 N–H and O–H groups in total. The Hall–Kier alpha value is -1.44. The average molecular weight is 349 g/mol. The zero-order valence-electron chi connectivity index (χ0n) is 13.7. The Bertz CT molecular complexity index is 807. The summed E-state index contributed by atoms with van der Waals surface area (Å²) in [6.07, 6.45) is 4.67. The molecule has 1 aromatic carbocycles. The quantitative estimate of drug-likeness (QED) is 0.765. The third-order valence-electron chi connectivity index (χ3n) is 4.89. The van der Waals surface area contributed by atoms with Crippen molar-refractivity contribution in [2.45, 2.75) is 31.8 Å². The molecule has 1 atom stereocenters. The van der Waals surface area contributed by atoms with Crippen LogP contribution in [0.1, 0.15) is 19.3 Å². The van der Waals surface area contributed by atoms with E-state index in [1.165, 1.54) is 0 Å². The van der Waals surface area contributed by atoms with E-state index in [-0.39, 0.29) is 11.8 Å². The molecule has 2 heterocycles. The van der Waals surface area contributed by atoms with Gasteiger partial charge in [-0.2, -0.15) is 4.31 Å². The number of aryl methyl sites for hydroxylation is 1. The molecular weight excluding hydrogens is 326 g/mol. The van der Waals surface area contributed by atoms with Gasteiger partial charge in [-0.25, -0.2) is 13.4 Å². The number of fused-ring (bicyclic) bond motifs is 1. The molecule has 0 radical (unpaired) electrons. The second-order valence-corrected chi connectivity index (χ2v) is 8.81. The van der Waals surface area contributed by atoms with Crippen LogP contribution in [0.4, 0.5) is 0 Å². The highest BCUT2D eigenvalue weighted by atomic mass is 32.2. The number of aromatic nitrogens is 2. The van der Waals surface area contributed by atoms with Crippen LogP contribution in [0.15, 0.2) is 30.6 Å². The third kappa shape index (κ3) is 3.34. The molecule has 2 aliphatic rings. The summed E-state index contributed by atoms with van der Waals surface area (Å²) in [5, 5.41) is 0. The smallest absolute Gasteiger partial charge is 0.216 e. The first kappa shape index (κ1) is 16.1. The van der Waals surface area contributed by atoms with Gasteiger partial charge in [-0.15, -0.1) is 0 Å². The molecule has 4 rings (SSSR count). The Morgan fingerprint density at radius 3 is 2.83 bits per heavy atom. The van der Waals surface area contributed by atoms with Gasteiger partial charge in [-0.1, -0.05) is 12.1 Å². The normalized spacial score (nSPS) is 21.8. The predicted octanol–water partition coefficient (Wildman–Crippen LogP) is 1.87. The molecule has 0 spiro atoms. The minimum absolute atomic E-state index is 0.122. The largest absolute Gasteiger partial charge is 0.381 e. The van der Waals surface area contributed by atoms with Crippen molar-refractivity contribution in [3.63, 3.8) is 0 Å². The van der Waals surface area contributed by atoms with Crippen molar-refractivity contribution in [3.8, 4) is 0 Å². The Balaban J connectivity index is 1.46. The Morgan fingerprint density at radius 1 is 1.25 bits per heavy atom. The molecule has 6 nitrogen and oxygen atoms in total. The molecule has 1 saturated carbocycles. The lowest BCUT2D eigenvalue weighted by Gasteiger charge is -2.24. The van der Waals surface area contributed by atoms with Crippen molar-refractivity contribution >= 4 is 21.1 Å². The number of rotatable bonds is 7. The van der Waals surface area contributed by atoms with E-state index < -0.39 is 10.0 Å². The van der Waals surface area contributed by atoms with Crippen LogP contribution in [0.3, 0.4) is 0 Å². The van der Waals surface area contributed by atoms with Gasteiger partial charge in [0, 0.05) is 25.7 Å². The van der Waals surface area contributed by atoms with Crippen molar-refractivity contribution in [1.29, 1.82) is 0 Å². The summed E-state index contributed by atoms with van der Waals surface area (Å²) in [6, 6.07) is 8.01. The first-order valence-electron chi connectivity index (χ1n) is 8.60. The maximum Gasteiger partial charge on any atom is 0.216 e. The number of sulfonamides is 1. The minimum atomic E-state index is -3.26. The van der Waals surface area contributed by atoms with Crippen molar-refractivity contribution in [1.82, 2.24) is 13.9 Å². The summed E-state index contributed by atoms with van der Waals surface area (Å²) >= 11 is 0. The molecule has 1 saturated heterocycles. The molecule has 1 aliphatic carbocycles. The molecule has 1 aromatic heterocycles. The fourth-order valence-electron chi connectivity index (χ4n) is 3.35. The van der Waals surface area contributed by atoms with E-state index in [9.17, 15) is 8.42 Å². The minimum Gasteiger partial charge on any atom is -0.381 e. The van der Waals surface area contributed by atoms with Crippen molar-refractivity contribution in [2.24, 2.45) is 5.92 Å². The maximum atomic E-state index is 12.9. The molecule has 0 bridgehead atoms. The van der Waals surface area contributed by atoms with Gasteiger partial charge in [-0.3, -0.25) is 0 Å². The van der Waals surface area contributed by atoms with Gasteiger partial charge in [-0.05, 0) is 37.3 Å². The molecule has 2 fully saturated rings. The van der Waals surface area contributed by atoms with E-state index in [1.807, 2.05) is 28.8 Å². The van der Waals surface area contributed by atoms with E-state index in [0.717, 1.165) is 36.9 Å². The van der Waals surface area contributed by atoms with E-state index in [0.29, 0.717) is 25.6 Å². The molecule has 1 aliphatic heterocycles. The first-order valence-corrected chi connectivity index (χ1v) is 10.2. The first-order chi connectivity index (χ1) is 11.6. The van der Waals surface area contributed by atoms with Gasteiger partial charge in [0.05, 0.1) is 29.7 Å². The lowest BCUT2D eigenvalue weighted by atomic mass is 10.1. The topological polar surface area (TPSA) is 64.4 Å². The number of hydrogen-bond donors (Lipinski definition) is 0. The molecular formula is C17H23N3O3S. The lowest BCUT2D eigenvalue weighted by molar-refractivity contribution is 0.180. The van der Waals surface area contributed by atoms with Crippen LogP contribution in [-0.4, -0.2) is 53.8 Å². The second kappa shape index (κ2) is 6.46. The molecule has 0 amide bonds. The monoisotopic (exact) mass is 349 g/mol. The lowest BCUT2D eigenvalue weighted by Crippen LogP contribution is -2.39. The number of nitrogens with zero attached hydrogens (tertiary/aromatic N) is 3. The number of imidazole rings is 1.